The van der Waals surface area contributed by atoms with Crippen LogP contribution in [-0.2, 0) is 4.79 Å². The van der Waals surface area contributed by atoms with E-state index in [2.05, 4.69) is 38.4 Å². The molecule has 4 aromatic rings. The maximum absolute atomic E-state index is 12.5. The summed E-state index contributed by atoms with van der Waals surface area (Å²) in [4.78, 5) is 20.6. The quantitative estimate of drug-likeness (QED) is 0.309. The topological polar surface area (TPSA) is 57.8 Å². The first-order valence-electron chi connectivity index (χ1n) is 9.50. The Morgan fingerprint density at radius 2 is 1.67 bits per heavy atom. The van der Waals surface area contributed by atoms with Crippen molar-refractivity contribution < 1.29 is 4.79 Å². The summed E-state index contributed by atoms with van der Waals surface area (Å²) in [7, 11) is 0. The number of aromatic amines is 1. The van der Waals surface area contributed by atoms with E-state index in [1.165, 1.54) is 11.8 Å². The van der Waals surface area contributed by atoms with Crippen LogP contribution >= 0.6 is 27.7 Å². The van der Waals surface area contributed by atoms with Gasteiger partial charge in [-0.05, 0) is 40.5 Å². The monoisotopic (exact) mass is 477 g/mol. The Hall–Kier alpha value is -2.83. The lowest BCUT2D eigenvalue weighted by Crippen LogP contribution is -2.14. The highest BCUT2D eigenvalue weighted by Gasteiger charge is 2.15. The lowest BCUT2D eigenvalue weighted by molar-refractivity contribution is -0.113. The minimum Gasteiger partial charge on any atom is -0.332 e. The molecule has 1 heterocycles. The lowest BCUT2D eigenvalue weighted by Gasteiger charge is -2.07. The highest BCUT2D eigenvalue weighted by Crippen LogP contribution is 2.32. The van der Waals surface area contributed by atoms with E-state index in [4.69, 9.17) is 4.98 Å². The van der Waals surface area contributed by atoms with Gasteiger partial charge in [-0.25, -0.2) is 4.98 Å². The van der Waals surface area contributed by atoms with Gasteiger partial charge in [0.05, 0.1) is 22.8 Å². The number of nitrogens with zero attached hydrogens (tertiary/aromatic N) is 1. The average molecular weight is 478 g/mol. The summed E-state index contributed by atoms with van der Waals surface area (Å²) in [6.45, 7) is 2.01. The van der Waals surface area contributed by atoms with Crippen LogP contribution in [-0.4, -0.2) is 21.6 Å². The van der Waals surface area contributed by atoms with Crippen LogP contribution in [0.1, 0.15) is 5.56 Å². The molecule has 2 N–H and O–H groups in total. The molecule has 1 amide bonds. The molecule has 0 unspecified atom stereocenters. The van der Waals surface area contributed by atoms with E-state index in [-0.39, 0.29) is 11.7 Å². The summed E-state index contributed by atoms with van der Waals surface area (Å²) >= 11 is 4.88. The van der Waals surface area contributed by atoms with Crippen LogP contribution in [0, 0.1) is 6.92 Å². The minimum absolute atomic E-state index is 0.0801. The third kappa shape index (κ3) is 4.83. The second kappa shape index (κ2) is 9.32. The van der Waals surface area contributed by atoms with Gasteiger partial charge in [0.25, 0.3) is 0 Å². The van der Waals surface area contributed by atoms with Crippen molar-refractivity contribution in [3.8, 4) is 22.5 Å². The summed E-state index contributed by atoms with van der Waals surface area (Å²) in [5, 5.41) is 3.66. The number of amides is 1. The number of nitrogens with one attached hydrogen (secondary N) is 2. The molecule has 150 valence electrons. The molecule has 0 spiro atoms. The number of imidazole rings is 1. The van der Waals surface area contributed by atoms with Gasteiger partial charge in [0, 0.05) is 15.6 Å². The first-order chi connectivity index (χ1) is 14.6. The van der Waals surface area contributed by atoms with E-state index < -0.39 is 0 Å². The molecular formula is C24H20BrN3OS. The van der Waals surface area contributed by atoms with Gasteiger partial charge in [-0.3, -0.25) is 4.79 Å². The maximum atomic E-state index is 12.5. The molecule has 0 saturated carbocycles. The second-order valence-corrected chi connectivity index (χ2v) is 8.64. The van der Waals surface area contributed by atoms with Crippen LogP contribution < -0.4 is 5.32 Å². The summed E-state index contributed by atoms with van der Waals surface area (Å²) in [5.74, 6) is 0.180. The van der Waals surface area contributed by atoms with E-state index in [1.807, 2.05) is 73.7 Å². The number of thioether (sulfide) groups is 1. The molecule has 3 aromatic carbocycles. The SMILES string of the molecule is Cc1ccc(NC(=O)CSc2nc(-c3ccccc3)c(-c3ccccc3)[nH]2)c(Br)c1. The number of carbonyl (C=O) groups excluding carboxylic acids is 1. The van der Waals surface area contributed by atoms with E-state index in [0.717, 1.165) is 38.2 Å². The number of benzene rings is 3. The van der Waals surface area contributed by atoms with Gasteiger partial charge in [-0.2, -0.15) is 0 Å². The number of halogens is 1. The molecule has 0 fully saturated rings. The Balaban J connectivity index is 1.53. The Bertz CT molecular complexity index is 1100. The number of rotatable bonds is 6. The van der Waals surface area contributed by atoms with Crippen LogP contribution in [0.25, 0.3) is 22.5 Å². The van der Waals surface area contributed by atoms with Gasteiger partial charge >= 0.3 is 0 Å². The normalized spacial score (nSPS) is 10.7. The summed E-state index contributed by atoms with van der Waals surface area (Å²) in [6.07, 6.45) is 0. The molecular weight excluding hydrogens is 458 g/mol. The van der Waals surface area contributed by atoms with Crippen molar-refractivity contribution in [2.24, 2.45) is 0 Å². The molecule has 0 atom stereocenters. The predicted molar refractivity (Wildman–Crippen MR) is 128 cm³/mol. The Kier molecular flexibility index (Phi) is 6.35. The molecule has 0 radical (unpaired) electrons. The Morgan fingerprint density at radius 1 is 1.00 bits per heavy atom. The fourth-order valence-corrected chi connectivity index (χ4v) is 4.34. The predicted octanol–water partition coefficient (Wildman–Crippen LogP) is 6.55. The molecule has 6 heteroatoms. The van der Waals surface area contributed by atoms with Crippen molar-refractivity contribution in [2.45, 2.75) is 12.1 Å². The molecule has 0 aliphatic rings. The average Bonchev–Trinajstić information content (AvgIpc) is 3.20. The van der Waals surface area contributed by atoms with Crippen molar-refractivity contribution in [2.75, 3.05) is 11.1 Å². The van der Waals surface area contributed by atoms with Crippen LogP contribution in [0.5, 0.6) is 0 Å². The number of aryl methyl sites for hydroxylation is 1. The number of hydrogen-bond acceptors (Lipinski definition) is 3. The fraction of sp³-hybridized carbons (Fsp3) is 0.0833. The van der Waals surface area contributed by atoms with Crippen molar-refractivity contribution in [1.29, 1.82) is 0 Å². The molecule has 0 aliphatic heterocycles. The van der Waals surface area contributed by atoms with Gasteiger partial charge in [0.1, 0.15) is 0 Å². The van der Waals surface area contributed by atoms with Crippen LogP contribution in [0.3, 0.4) is 0 Å². The number of carbonyl (C=O) groups is 1. The van der Waals surface area contributed by atoms with E-state index in [0.29, 0.717) is 5.16 Å². The van der Waals surface area contributed by atoms with Gasteiger partial charge in [0.15, 0.2) is 5.16 Å². The zero-order valence-electron chi connectivity index (χ0n) is 16.4. The highest BCUT2D eigenvalue weighted by molar-refractivity contribution is 9.10. The Labute approximate surface area is 188 Å². The van der Waals surface area contributed by atoms with E-state index >= 15 is 0 Å². The fourth-order valence-electron chi connectivity index (χ4n) is 3.08. The standard InChI is InChI=1S/C24H20BrN3OS/c1-16-12-13-20(19(25)14-16)26-21(29)15-30-24-27-22(17-8-4-2-5-9-17)23(28-24)18-10-6-3-7-11-18/h2-14H,15H2,1H3,(H,26,29)(H,27,28). The Morgan fingerprint density at radius 3 is 2.33 bits per heavy atom. The summed E-state index contributed by atoms with van der Waals surface area (Å²) in [6, 6.07) is 26.0. The zero-order chi connectivity index (χ0) is 20.9. The van der Waals surface area contributed by atoms with Crippen LogP contribution in [0.2, 0.25) is 0 Å². The van der Waals surface area contributed by atoms with Gasteiger partial charge < -0.3 is 10.3 Å². The number of H-pyrrole nitrogens is 1. The molecule has 0 saturated heterocycles. The van der Waals surface area contributed by atoms with Gasteiger partial charge in [-0.1, -0.05) is 78.5 Å². The van der Waals surface area contributed by atoms with Gasteiger partial charge in [-0.15, -0.1) is 0 Å². The van der Waals surface area contributed by atoms with Crippen molar-refractivity contribution in [1.82, 2.24) is 9.97 Å². The third-order valence-electron chi connectivity index (χ3n) is 4.53. The largest absolute Gasteiger partial charge is 0.332 e. The molecule has 4 nitrogen and oxygen atoms in total. The maximum Gasteiger partial charge on any atom is 0.234 e. The van der Waals surface area contributed by atoms with E-state index in [9.17, 15) is 4.79 Å². The van der Waals surface area contributed by atoms with Crippen molar-refractivity contribution in [3.63, 3.8) is 0 Å². The molecule has 0 bridgehead atoms. The summed E-state index contributed by atoms with van der Waals surface area (Å²) in [5.41, 5.74) is 5.82. The molecule has 4 rings (SSSR count). The highest BCUT2D eigenvalue weighted by atomic mass is 79.9. The minimum atomic E-state index is -0.0801. The molecule has 30 heavy (non-hydrogen) atoms. The second-order valence-electron chi connectivity index (χ2n) is 6.82. The van der Waals surface area contributed by atoms with Crippen molar-refractivity contribution >= 4 is 39.3 Å². The number of hydrogen-bond donors (Lipinski definition) is 2. The van der Waals surface area contributed by atoms with Crippen molar-refractivity contribution in [3.05, 3.63) is 88.9 Å². The smallest absolute Gasteiger partial charge is 0.234 e. The van der Waals surface area contributed by atoms with Crippen LogP contribution in [0.15, 0.2) is 88.5 Å². The third-order valence-corrected chi connectivity index (χ3v) is 6.06. The molecule has 0 aliphatic carbocycles. The van der Waals surface area contributed by atoms with Gasteiger partial charge in [0.2, 0.25) is 5.91 Å². The van der Waals surface area contributed by atoms with Crippen LogP contribution in [0.4, 0.5) is 5.69 Å². The number of aromatic nitrogens is 2. The number of anilines is 1. The van der Waals surface area contributed by atoms with E-state index in [1.54, 1.807) is 0 Å². The lowest BCUT2D eigenvalue weighted by atomic mass is 10.1. The zero-order valence-corrected chi connectivity index (χ0v) is 18.8. The first-order valence-corrected chi connectivity index (χ1v) is 11.3. The molecule has 1 aromatic heterocycles. The first kappa shape index (κ1) is 20.4. The summed E-state index contributed by atoms with van der Waals surface area (Å²) < 4.78 is 0.872.